The molecule has 4 N–H and O–H groups in total. The number of carbonyl (C=O) groups is 2. The van der Waals surface area contributed by atoms with Gasteiger partial charge in [-0.3, -0.25) is 9.59 Å². The maximum Gasteiger partial charge on any atom is 0.252 e. The van der Waals surface area contributed by atoms with Crippen molar-refractivity contribution in [3.05, 3.63) is 23.8 Å². The molecule has 1 fully saturated rings. The molecule has 6 heteroatoms. The summed E-state index contributed by atoms with van der Waals surface area (Å²) in [7, 11) is 0. The van der Waals surface area contributed by atoms with E-state index in [-0.39, 0.29) is 35.6 Å². The van der Waals surface area contributed by atoms with E-state index in [0.717, 1.165) is 18.9 Å². The van der Waals surface area contributed by atoms with Gasteiger partial charge in [-0.15, -0.1) is 0 Å². The van der Waals surface area contributed by atoms with Crippen LogP contribution < -0.4 is 5.32 Å². The summed E-state index contributed by atoms with van der Waals surface area (Å²) >= 11 is 0. The van der Waals surface area contributed by atoms with E-state index >= 15 is 0 Å². The highest BCUT2D eigenvalue weighted by Gasteiger charge is 2.48. The van der Waals surface area contributed by atoms with Gasteiger partial charge in [-0.05, 0) is 48.8 Å². The highest BCUT2D eigenvalue weighted by molar-refractivity contribution is 6.00. The number of benzene rings is 1. The fourth-order valence-corrected chi connectivity index (χ4v) is 3.75. The van der Waals surface area contributed by atoms with Crippen LogP contribution in [0.1, 0.15) is 50.4 Å². The Morgan fingerprint density at radius 2 is 1.92 bits per heavy atom. The molecular weight excluding hydrogens is 322 g/mol. The molecule has 0 aliphatic heterocycles. The number of amides is 1. The van der Waals surface area contributed by atoms with E-state index in [0.29, 0.717) is 6.42 Å². The summed E-state index contributed by atoms with van der Waals surface area (Å²) < 4.78 is 0. The molecule has 1 aliphatic carbocycles. The molecule has 138 valence electrons. The first-order chi connectivity index (χ1) is 11.6. The maximum atomic E-state index is 12.6. The maximum absolute atomic E-state index is 12.6. The average Bonchev–Trinajstić information content (AvgIpc) is 2.54. The monoisotopic (exact) mass is 349 g/mol. The number of ketones is 1. The lowest BCUT2D eigenvalue weighted by atomic mass is 9.66. The predicted octanol–water partition coefficient (Wildman–Crippen LogP) is 2.22. The van der Waals surface area contributed by atoms with E-state index in [2.05, 4.69) is 5.32 Å². The molecule has 0 aromatic heterocycles. The van der Waals surface area contributed by atoms with Crippen molar-refractivity contribution in [2.75, 3.05) is 6.54 Å². The van der Waals surface area contributed by atoms with Crippen molar-refractivity contribution in [1.29, 1.82) is 0 Å². The van der Waals surface area contributed by atoms with Crippen molar-refractivity contribution < 1.29 is 24.9 Å². The molecule has 6 nitrogen and oxygen atoms in total. The molecule has 0 heterocycles. The Hall–Kier alpha value is -2.08. The van der Waals surface area contributed by atoms with Gasteiger partial charge in [-0.2, -0.15) is 0 Å². The Bertz CT molecular complexity index is 657. The van der Waals surface area contributed by atoms with Crippen LogP contribution in [0.3, 0.4) is 0 Å². The van der Waals surface area contributed by atoms with Gasteiger partial charge in [0.1, 0.15) is 5.60 Å². The number of phenolic OH excluding ortho intramolecular Hbond substituents is 2. The molecule has 1 aromatic rings. The summed E-state index contributed by atoms with van der Waals surface area (Å²) in [5.41, 5.74) is -1.29. The number of hydrogen-bond donors (Lipinski definition) is 4. The SMILES string of the molecule is CC(C)[C@@H]1CC[C@@H](C)C[C@@]1(O)C(=O)NCC(=O)c1ccc(O)c(O)c1. The van der Waals surface area contributed by atoms with Crippen LogP contribution in [0.4, 0.5) is 0 Å². The molecule has 0 saturated heterocycles. The number of nitrogens with one attached hydrogen (secondary N) is 1. The molecule has 0 unspecified atom stereocenters. The van der Waals surface area contributed by atoms with E-state index in [1.807, 2.05) is 20.8 Å². The number of Topliss-reactive ketones (excluding diaryl/α,β-unsaturated/α-hetero) is 1. The molecule has 0 bridgehead atoms. The molecule has 2 rings (SSSR count). The predicted molar refractivity (Wildman–Crippen MR) is 93.4 cm³/mol. The average molecular weight is 349 g/mol. The molecule has 3 atom stereocenters. The minimum absolute atomic E-state index is 0.142. The zero-order chi connectivity index (χ0) is 18.8. The van der Waals surface area contributed by atoms with Crippen molar-refractivity contribution in [2.24, 2.45) is 17.8 Å². The fourth-order valence-electron chi connectivity index (χ4n) is 3.75. The van der Waals surface area contributed by atoms with Crippen molar-refractivity contribution in [3.8, 4) is 11.5 Å². The molecule has 1 aliphatic rings. The van der Waals surface area contributed by atoms with Crippen molar-refractivity contribution in [2.45, 2.75) is 45.6 Å². The first-order valence-electron chi connectivity index (χ1n) is 8.71. The molecular formula is C19H27NO5. The number of phenols is 2. The van der Waals surface area contributed by atoms with Gasteiger partial charge in [0.15, 0.2) is 17.3 Å². The topological polar surface area (TPSA) is 107 Å². The Morgan fingerprint density at radius 1 is 1.24 bits per heavy atom. The van der Waals surface area contributed by atoms with E-state index in [4.69, 9.17) is 0 Å². The van der Waals surface area contributed by atoms with Gasteiger partial charge in [0.25, 0.3) is 5.91 Å². The van der Waals surface area contributed by atoms with Gasteiger partial charge < -0.3 is 20.6 Å². The standard InChI is InChI=1S/C19H27NO5/c1-11(2)14-6-4-12(3)9-19(14,25)18(24)20-10-17(23)13-5-7-15(21)16(22)8-13/h5,7-8,11-12,14,21-22,25H,4,6,9-10H2,1-3H3,(H,20,24)/t12-,14+,19+/m1/s1. The molecule has 0 spiro atoms. The normalized spacial score (nSPS) is 26.4. The highest BCUT2D eigenvalue weighted by atomic mass is 16.3. The molecule has 0 radical (unpaired) electrons. The van der Waals surface area contributed by atoms with Crippen LogP contribution in [-0.2, 0) is 4.79 Å². The largest absolute Gasteiger partial charge is 0.504 e. The van der Waals surface area contributed by atoms with Crippen molar-refractivity contribution in [1.82, 2.24) is 5.32 Å². The molecule has 1 amide bonds. The fraction of sp³-hybridized carbons (Fsp3) is 0.579. The number of hydrogen-bond acceptors (Lipinski definition) is 5. The first-order valence-corrected chi connectivity index (χ1v) is 8.71. The quantitative estimate of drug-likeness (QED) is 0.482. The highest BCUT2D eigenvalue weighted by Crippen LogP contribution is 2.41. The Labute approximate surface area is 147 Å². The molecule has 25 heavy (non-hydrogen) atoms. The first kappa shape index (κ1) is 19.2. The lowest BCUT2D eigenvalue weighted by molar-refractivity contribution is -0.155. The van der Waals surface area contributed by atoms with Crippen LogP contribution in [0.25, 0.3) is 0 Å². The minimum atomic E-state index is -1.47. The lowest BCUT2D eigenvalue weighted by Crippen LogP contribution is -2.56. The summed E-state index contributed by atoms with van der Waals surface area (Å²) in [5.74, 6) is -1.37. The minimum Gasteiger partial charge on any atom is -0.504 e. The molecule has 1 saturated carbocycles. The van der Waals surface area contributed by atoms with Crippen molar-refractivity contribution >= 4 is 11.7 Å². The zero-order valence-corrected chi connectivity index (χ0v) is 15.0. The third-order valence-corrected chi connectivity index (χ3v) is 5.15. The van der Waals surface area contributed by atoms with Gasteiger partial charge in [-0.1, -0.05) is 27.2 Å². The van der Waals surface area contributed by atoms with Gasteiger partial charge in [0.2, 0.25) is 0 Å². The van der Waals surface area contributed by atoms with Crippen LogP contribution in [0, 0.1) is 17.8 Å². The van der Waals surface area contributed by atoms with E-state index < -0.39 is 23.0 Å². The van der Waals surface area contributed by atoms with Crippen LogP contribution in [0.5, 0.6) is 11.5 Å². The second kappa shape index (κ2) is 7.44. The summed E-state index contributed by atoms with van der Waals surface area (Å²) in [5, 5.41) is 32.3. The third-order valence-electron chi connectivity index (χ3n) is 5.15. The zero-order valence-electron chi connectivity index (χ0n) is 15.0. The summed E-state index contributed by atoms with van der Waals surface area (Å²) in [6.07, 6.45) is 2.14. The van der Waals surface area contributed by atoms with Gasteiger partial charge in [-0.25, -0.2) is 0 Å². The molecule has 1 aromatic carbocycles. The summed E-state index contributed by atoms with van der Waals surface area (Å²) in [6.45, 7) is 5.72. The second-order valence-corrected chi connectivity index (χ2v) is 7.47. The number of aromatic hydroxyl groups is 2. The van der Waals surface area contributed by atoms with Crippen LogP contribution in [0.2, 0.25) is 0 Å². The van der Waals surface area contributed by atoms with Crippen LogP contribution >= 0.6 is 0 Å². The Balaban J connectivity index is 2.06. The number of rotatable bonds is 5. The Morgan fingerprint density at radius 3 is 2.52 bits per heavy atom. The van der Waals surface area contributed by atoms with E-state index in [9.17, 15) is 24.9 Å². The van der Waals surface area contributed by atoms with Gasteiger partial charge in [0.05, 0.1) is 6.54 Å². The number of aliphatic hydroxyl groups is 1. The van der Waals surface area contributed by atoms with Gasteiger partial charge in [0, 0.05) is 5.56 Å². The second-order valence-electron chi connectivity index (χ2n) is 7.47. The van der Waals surface area contributed by atoms with Crippen LogP contribution in [-0.4, -0.2) is 39.2 Å². The van der Waals surface area contributed by atoms with E-state index in [1.54, 1.807) is 0 Å². The van der Waals surface area contributed by atoms with E-state index in [1.165, 1.54) is 12.1 Å². The third kappa shape index (κ3) is 4.12. The van der Waals surface area contributed by atoms with Crippen molar-refractivity contribution in [3.63, 3.8) is 0 Å². The summed E-state index contributed by atoms with van der Waals surface area (Å²) in [6, 6.07) is 3.74. The van der Waals surface area contributed by atoms with Crippen LogP contribution in [0.15, 0.2) is 18.2 Å². The Kier molecular flexibility index (Phi) is 5.72. The summed E-state index contributed by atoms with van der Waals surface area (Å²) in [4.78, 5) is 24.8. The number of carbonyl (C=O) groups excluding carboxylic acids is 2. The van der Waals surface area contributed by atoms with Gasteiger partial charge >= 0.3 is 0 Å². The smallest absolute Gasteiger partial charge is 0.252 e. The lowest BCUT2D eigenvalue weighted by Gasteiger charge is -2.43.